The Morgan fingerprint density at radius 2 is 2.08 bits per heavy atom. The quantitative estimate of drug-likeness (QED) is 0.932. The fraction of sp³-hybridized carbons (Fsp3) is 0.556. The summed E-state index contributed by atoms with van der Waals surface area (Å²) >= 11 is 0. The number of nitrogens with zero attached hydrogens (tertiary/aromatic N) is 1. The molecule has 2 heterocycles. The van der Waals surface area contributed by atoms with E-state index in [2.05, 4.69) is 10.5 Å². The van der Waals surface area contributed by atoms with Crippen molar-refractivity contribution in [1.29, 1.82) is 0 Å². The molecule has 1 aliphatic heterocycles. The summed E-state index contributed by atoms with van der Waals surface area (Å²) in [5.74, 6) is -0.474. The van der Waals surface area contributed by atoms with Gasteiger partial charge in [0.2, 0.25) is 5.91 Å². The second kappa shape index (κ2) is 6.53. The maximum absolute atomic E-state index is 12.2. The molecule has 0 bridgehead atoms. The second-order valence-electron chi connectivity index (χ2n) is 6.63. The highest BCUT2D eigenvalue weighted by Gasteiger charge is 2.42. The SMILES string of the molecule is O=C(Cc1noc2ccccc12)NCC1COC2(CCCCC2)O1. The first kappa shape index (κ1) is 15.6. The first-order valence-electron chi connectivity index (χ1n) is 8.66. The van der Waals surface area contributed by atoms with Crippen molar-refractivity contribution < 1.29 is 18.8 Å². The molecule has 1 N–H and O–H groups in total. The molecule has 1 saturated carbocycles. The summed E-state index contributed by atoms with van der Waals surface area (Å²) in [6.45, 7) is 1.02. The summed E-state index contributed by atoms with van der Waals surface area (Å²) in [7, 11) is 0. The van der Waals surface area contributed by atoms with Crippen molar-refractivity contribution in [3.63, 3.8) is 0 Å². The van der Waals surface area contributed by atoms with Crippen LogP contribution in [0.3, 0.4) is 0 Å². The number of carbonyl (C=O) groups is 1. The van der Waals surface area contributed by atoms with E-state index >= 15 is 0 Å². The van der Waals surface area contributed by atoms with E-state index in [-0.39, 0.29) is 18.4 Å². The van der Waals surface area contributed by atoms with Crippen molar-refractivity contribution in [2.75, 3.05) is 13.2 Å². The predicted octanol–water partition coefficient (Wildman–Crippen LogP) is 2.56. The van der Waals surface area contributed by atoms with Crippen molar-refractivity contribution in [1.82, 2.24) is 10.5 Å². The number of fused-ring (bicyclic) bond motifs is 1. The molecule has 24 heavy (non-hydrogen) atoms. The molecule has 1 spiro atoms. The molecule has 1 aliphatic carbocycles. The molecular formula is C18H22N2O4. The number of rotatable bonds is 4. The van der Waals surface area contributed by atoms with Crippen LogP contribution in [0.5, 0.6) is 0 Å². The minimum absolute atomic E-state index is 0.0684. The Bertz CT molecular complexity index is 721. The second-order valence-corrected chi connectivity index (χ2v) is 6.63. The summed E-state index contributed by atoms with van der Waals surface area (Å²) in [6.07, 6.45) is 5.61. The predicted molar refractivity (Wildman–Crippen MR) is 87.4 cm³/mol. The zero-order valence-corrected chi connectivity index (χ0v) is 13.6. The molecule has 2 aromatic rings. The fourth-order valence-corrected chi connectivity index (χ4v) is 3.58. The minimum Gasteiger partial charge on any atom is -0.356 e. The zero-order chi connectivity index (χ0) is 16.4. The molecule has 6 nitrogen and oxygen atoms in total. The third-order valence-electron chi connectivity index (χ3n) is 4.84. The van der Waals surface area contributed by atoms with Gasteiger partial charge in [0.15, 0.2) is 11.4 Å². The molecule has 2 aliphatic rings. The smallest absolute Gasteiger partial charge is 0.226 e. The van der Waals surface area contributed by atoms with Crippen LogP contribution in [0.4, 0.5) is 0 Å². The molecule has 1 atom stereocenters. The van der Waals surface area contributed by atoms with Gasteiger partial charge in [-0.1, -0.05) is 23.7 Å². The van der Waals surface area contributed by atoms with Gasteiger partial charge in [-0.25, -0.2) is 0 Å². The van der Waals surface area contributed by atoms with E-state index in [0.717, 1.165) is 31.1 Å². The monoisotopic (exact) mass is 330 g/mol. The highest BCUT2D eigenvalue weighted by Crippen LogP contribution is 2.37. The van der Waals surface area contributed by atoms with Gasteiger partial charge >= 0.3 is 0 Å². The van der Waals surface area contributed by atoms with Crippen LogP contribution in [0, 0.1) is 0 Å². The van der Waals surface area contributed by atoms with E-state index in [4.69, 9.17) is 14.0 Å². The lowest BCUT2D eigenvalue weighted by molar-refractivity contribution is -0.186. The number of nitrogens with one attached hydrogen (secondary N) is 1. The van der Waals surface area contributed by atoms with Gasteiger partial charge in [0, 0.05) is 24.8 Å². The van der Waals surface area contributed by atoms with Gasteiger partial charge < -0.3 is 19.3 Å². The van der Waals surface area contributed by atoms with Crippen LogP contribution in [0.1, 0.15) is 37.8 Å². The molecule has 1 saturated heterocycles. The van der Waals surface area contributed by atoms with Crippen LogP contribution in [0.15, 0.2) is 28.8 Å². The van der Waals surface area contributed by atoms with Gasteiger partial charge in [0.25, 0.3) is 0 Å². The fourth-order valence-electron chi connectivity index (χ4n) is 3.58. The van der Waals surface area contributed by atoms with Crippen molar-refractivity contribution in [3.05, 3.63) is 30.0 Å². The highest BCUT2D eigenvalue weighted by atomic mass is 16.7. The van der Waals surface area contributed by atoms with Crippen molar-refractivity contribution in [3.8, 4) is 0 Å². The van der Waals surface area contributed by atoms with E-state index in [1.54, 1.807) is 0 Å². The number of aromatic nitrogens is 1. The van der Waals surface area contributed by atoms with Crippen molar-refractivity contribution in [2.24, 2.45) is 0 Å². The molecule has 128 valence electrons. The summed E-state index contributed by atoms with van der Waals surface area (Å²) < 4.78 is 17.2. The number of benzene rings is 1. The highest BCUT2D eigenvalue weighted by molar-refractivity contribution is 5.86. The number of hydrogen-bond donors (Lipinski definition) is 1. The van der Waals surface area contributed by atoms with Gasteiger partial charge in [-0.15, -0.1) is 0 Å². The van der Waals surface area contributed by atoms with Crippen molar-refractivity contribution in [2.45, 2.75) is 50.4 Å². The standard InChI is InChI=1S/C18H22N2O4/c21-17(10-15-14-6-2-3-7-16(14)24-20-15)19-11-13-12-22-18(23-13)8-4-1-5-9-18/h2-3,6-7,13H,1,4-5,8-12H2,(H,19,21). The number of carbonyl (C=O) groups excluding carboxylic acids is 1. The summed E-state index contributed by atoms with van der Waals surface area (Å²) in [6, 6.07) is 7.55. The molecule has 1 amide bonds. The van der Waals surface area contributed by atoms with Crippen LogP contribution in [0.25, 0.3) is 11.0 Å². The molecule has 1 aromatic heterocycles. The first-order chi connectivity index (χ1) is 11.7. The third-order valence-corrected chi connectivity index (χ3v) is 4.84. The van der Waals surface area contributed by atoms with E-state index in [1.165, 1.54) is 6.42 Å². The molecule has 6 heteroatoms. The van der Waals surface area contributed by atoms with Crippen LogP contribution < -0.4 is 5.32 Å². The van der Waals surface area contributed by atoms with Gasteiger partial charge in [0.05, 0.1) is 13.0 Å². The number of para-hydroxylation sites is 1. The number of amides is 1. The summed E-state index contributed by atoms with van der Waals surface area (Å²) in [5, 5.41) is 7.80. The number of hydrogen-bond acceptors (Lipinski definition) is 5. The Morgan fingerprint density at radius 3 is 2.96 bits per heavy atom. The van der Waals surface area contributed by atoms with Crippen LogP contribution >= 0.6 is 0 Å². The topological polar surface area (TPSA) is 73.6 Å². The van der Waals surface area contributed by atoms with E-state index in [9.17, 15) is 4.79 Å². The summed E-state index contributed by atoms with van der Waals surface area (Å²) in [5.41, 5.74) is 1.36. The molecular weight excluding hydrogens is 308 g/mol. The third kappa shape index (κ3) is 3.16. The number of ether oxygens (including phenoxy) is 2. The van der Waals surface area contributed by atoms with E-state index in [1.807, 2.05) is 24.3 Å². The summed E-state index contributed by atoms with van der Waals surface area (Å²) in [4.78, 5) is 12.2. The zero-order valence-electron chi connectivity index (χ0n) is 13.6. The Morgan fingerprint density at radius 1 is 1.25 bits per heavy atom. The Balaban J connectivity index is 1.29. The Kier molecular flexibility index (Phi) is 4.24. The Hall–Kier alpha value is -1.92. The average Bonchev–Trinajstić information content (AvgIpc) is 3.19. The lowest BCUT2D eigenvalue weighted by Gasteiger charge is -2.31. The van der Waals surface area contributed by atoms with Crippen molar-refractivity contribution >= 4 is 16.9 Å². The van der Waals surface area contributed by atoms with E-state index in [0.29, 0.717) is 24.4 Å². The molecule has 1 unspecified atom stereocenters. The maximum atomic E-state index is 12.2. The van der Waals surface area contributed by atoms with Gasteiger partial charge in [0.1, 0.15) is 11.8 Å². The maximum Gasteiger partial charge on any atom is 0.226 e. The van der Waals surface area contributed by atoms with Crippen LogP contribution in [0.2, 0.25) is 0 Å². The molecule has 4 rings (SSSR count). The minimum atomic E-state index is -0.393. The van der Waals surface area contributed by atoms with Gasteiger partial charge in [-0.2, -0.15) is 0 Å². The molecule has 0 radical (unpaired) electrons. The van der Waals surface area contributed by atoms with Crippen LogP contribution in [-0.2, 0) is 20.7 Å². The van der Waals surface area contributed by atoms with Crippen LogP contribution in [-0.4, -0.2) is 36.1 Å². The lowest BCUT2D eigenvalue weighted by Crippen LogP contribution is -2.37. The van der Waals surface area contributed by atoms with E-state index < -0.39 is 5.79 Å². The largest absolute Gasteiger partial charge is 0.356 e. The normalized spacial score (nSPS) is 22.9. The first-order valence-corrected chi connectivity index (χ1v) is 8.66. The van der Waals surface area contributed by atoms with Gasteiger partial charge in [-0.05, 0) is 25.0 Å². The Labute approximate surface area is 140 Å². The van der Waals surface area contributed by atoms with Gasteiger partial charge in [-0.3, -0.25) is 4.79 Å². The molecule has 2 fully saturated rings. The molecule has 1 aromatic carbocycles. The average molecular weight is 330 g/mol. The lowest BCUT2D eigenvalue weighted by atomic mass is 9.94.